The number of nitro benzene ring substituents is 1. The molecule has 0 aromatic heterocycles. The van der Waals surface area contributed by atoms with Crippen LogP contribution in [0.4, 0.5) is 11.4 Å². The Balaban J connectivity index is 2.41. The molecular weight excluding hydrogens is 268 g/mol. The van der Waals surface area contributed by atoms with Crippen molar-refractivity contribution in [1.82, 2.24) is 0 Å². The van der Waals surface area contributed by atoms with Gasteiger partial charge in [0.15, 0.2) is 0 Å². The first-order chi connectivity index (χ1) is 10.1. The highest BCUT2D eigenvalue weighted by atomic mass is 16.6. The molecule has 0 radical (unpaired) electrons. The second-order valence-corrected chi connectivity index (χ2v) is 5.50. The molecule has 0 heterocycles. The van der Waals surface area contributed by atoms with E-state index in [2.05, 4.69) is 0 Å². The average Bonchev–Trinajstić information content (AvgIpc) is 2.53. The molecule has 1 aliphatic carbocycles. The number of hydrogen-bond donors (Lipinski definition) is 1. The maximum absolute atomic E-state index is 11.3. The first kappa shape index (κ1) is 15.3. The molecule has 1 aromatic rings. The Hall–Kier alpha value is -2.13. The zero-order valence-electron chi connectivity index (χ0n) is 12.2. The molecule has 21 heavy (non-hydrogen) atoms. The highest BCUT2D eigenvalue weighted by Gasteiger charge is 2.31. The van der Waals surface area contributed by atoms with E-state index in [0.29, 0.717) is 18.2 Å². The predicted octanol–water partition coefficient (Wildman–Crippen LogP) is 2.42. The van der Waals surface area contributed by atoms with Gasteiger partial charge in [-0.2, -0.15) is 5.26 Å². The van der Waals surface area contributed by atoms with Gasteiger partial charge in [0.25, 0.3) is 0 Å². The minimum Gasteiger partial charge on any atom is -0.366 e. The lowest BCUT2D eigenvalue weighted by Gasteiger charge is -2.38. The molecule has 0 aliphatic heterocycles. The summed E-state index contributed by atoms with van der Waals surface area (Å²) in [5.41, 5.74) is 6.35. The summed E-state index contributed by atoms with van der Waals surface area (Å²) in [6.45, 7) is 0.584. The van der Waals surface area contributed by atoms with Gasteiger partial charge in [-0.3, -0.25) is 10.1 Å². The van der Waals surface area contributed by atoms with Gasteiger partial charge in [-0.25, -0.2) is 0 Å². The van der Waals surface area contributed by atoms with Gasteiger partial charge in [-0.05, 0) is 37.4 Å². The number of nitro groups is 1. The predicted molar refractivity (Wildman–Crippen MR) is 81.0 cm³/mol. The summed E-state index contributed by atoms with van der Waals surface area (Å²) in [6.07, 6.45) is 4.30. The van der Waals surface area contributed by atoms with E-state index in [-0.39, 0.29) is 17.3 Å². The summed E-state index contributed by atoms with van der Waals surface area (Å²) in [5, 5.41) is 20.4. The lowest BCUT2D eigenvalue weighted by Crippen LogP contribution is -2.43. The van der Waals surface area contributed by atoms with Crippen LogP contribution in [0.1, 0.15) is 31.2 Å². The van der Waals surface area contributed by atoms with E-state index in [4.69, 9.17) is 11.0 Å². The van der Waals surface area contributed by atoms with E-state index >= 15 is 0 Å². The average molecular weight is 288 g/mol. The summed E-state index contributed by atoms with van der Waals surface area (Å²) in [5.74, 6) is 0.342. The highest BCUT2D eigenvalue weighted by molar-refractivity contribution is 5.70. The van der Waals surface area contributed by atoms with Gasteiger partial charge < -0.3 is 10.6 Å². The molecule has 2 rings (SSSR count). The number of benzene rings is 1. The molecule has 0 amide bonds. The van der Waals surface area contributed by atoms with E-state index in [1.54, 1.807) is 12.1 Å². The molecule has 112 valence electrons. The third-order valence-corrected chi connectivity index (χ3v) is 4.37. The van der Waals surface area contributed by atoms with Gasteiger partial charge in [-0.1, -0.05) is 18.9 Å². The van der Waals surface area contributed by atoms with Crippen LogP contribution in [0.3, 0.4) is 0 Å². The summed E-state index contributed by atoms with van der Waals surface area (Å²) in [7, 11) is 1.86. The maximum Gasteiger partial charge on any atom is 0.310 e. The molecule has 2 atom stereocenters. The molecule has 2 N–H and O–H groups in total. The van der Waals surface area contributed by atoms with Crippen LogP contribution in [-0.4, -0.2) is 24.6 Å². The fourth-order valence-corrected chi connectivity index (χ4v) is 3.25. The monoisotopic (exact) mass is 288 g/mol. The number of hydrogen-bond acceptors (Lipinski definition) is 5. The zero-order chi connectivity index (χ0) is 15.4. The lowest BCUT2D eigenvalue weighted by molar-refractivity contribution is -0.384. The van der Waals surface area contributed by atoms with Gasteiger partial charge in [0.05, 0.1) is 4.92 Å². The summed E-state index contributed by atoms with van der Waals surface area (Å²) < 4.78 is 0. The Kier molecular flexibility index (Phi) is 4.76. The van der Waals surface area contributed by atoms with Gasteiger partial charge in [0.1, 0.15) is 17.3 Å². The molecule has 1 aliphatic rings. The summed E-state index contributed by atoms with van der Waals surface area (Å²) in [4.78, 5) is 12.8. The molecular formula is C15H20N4O2. The smallest absolute Gasteiger partial charge is 0.310 e. The van der Waals surface area contributed by atoms with Gasteiger partial charge in [0.2, 0.25) is 0 Å². The minimum atomic E-state index is -0.468. The quantitative estimate of drug-likeness (QED) is 0.678. The Bertz CT molecular complexity index is 567. The molecule has 6 heteroatoms. The number of nitrogens with zero attached hydrogens (tertiary/aromatic N) is 3. The van der Waals surface area contributed by atoms with E-state index in [1.807, 2.05) is 18.0 Å². The van der Waals surface area contributed by atoms with E-state index < -0.39 is 4.92 Å². The molecule has 6 nitrogen and oxygen atoms in total. The molecule has 1 fully saturated rings. The molecule has 1 saturated carbocycles. The van der Waals surface area contributed by atoms with Crippen LogP contribution in [0.25, 0.3) is 0 Å². The Morgan fingerprint density at radius 2 is 2.19 bits per heavy atom. The van der Waals surface area contributed by atoms with Crippen LogP contribution < -0.4 is 10.6 Å². The molecule has 1 aromatic carbocycles. The molecule has 0 saturated heterocycles. The molecule has 0 spiro atoms. The highest BCUT2D eigenvalue weighted by Crippen LogP contribution is 2.36. The number of nitrogens with two attached hydrogens (primary N) is 1. The minimum absolute atomic E-state index is 0.101. The van der Waals surface area contributed by atoms with Crippen LogP contribution in [0.5, 0.6) is 0 Å². The van der Waals surface area contributed by atoms with E-state index in [0.717, 1.165) is 25.7 Å². The lowest BCUT2D eigenvalue weighted by atomic mass is 9.83. The summed E-state index contributed by atoms with van der Waals surface area (Å²) >= 11 is 0. The number of anilines is 1. The summed E-state index contributed by atoms with van der Waals surface area (Å²) in [6, 6.07) is 6.98. The zero-order valence-corrected chi connectivity index (χ0v) is 12.2. The molecule has 2 unspecified atom stereocenters. The normalized spacial score (nSPS) is 21.6. The van der Waals surface area contributed by atoms with Crippen LogP contribution in [0.15, 0.2) is 18.2 Å². The fourth-order valence-electron chi connectivity index (χ4n) is 3.25. The van der Waals surface area contributed by atoms with Gasteiger partial charge in [0, 0.05) is 13.1 Å². The second kappa shape index (κ2) is 6.55. The van der Waals surface area contributed by atoms with E-state index in [1.165, 1.54) is 6.07 Å². The first-order valence-corrected chi connectivity index (χ1v) is 7.20. The Labute approximate surface area is 124 Å². The van der Waals surface area contributed by atoms with Crippen molar-refractivity contribution in [1.29, 1.82) is 5.26 Å². The molecule has 0 bridgehead atoms. The van der Waals surface area contributed by atoms with Gasteiger partial charge >= 0.3 is 5.69 Å². The van der Waals surface area contributed by atoms with Crippen molar-refractivity contribution in [3.63, 3.8) is 0 Å². The number of nitriles is 1. The number of rotatable bonds is 4. The second-order valence-electron chi connectivity index (χ2n) is 5.50. The van der Waals surface area contributed by atoms with Gasteiger partial charge in [-0.15, -0.1) is 0 Å². The van der Waals surface area contributed by atoms with E-state index in [9.17, 15) is 10.1 Å². The third-order valence-electron chi connectivity index (χ3n) is 4.37. The maximum atomic E-state index is 11.3. The third kappa shape index (κ3) is 2.98. The largest absolute Gasteiger partial charge is 0.366 e. The van der Waals surface area contributed by atoms with Crippen LogP contribution in [0, 0.1) is 27.4 Å². The van der Waals surface area contributed by atoms with Crippen molar-refractivity contribution in [2.24, 2.45) is 11.7 Å². The first-order valence-electron chi connectivity index (χ1n) is 7.20. The van der Waals surface area contributed by atoms with Crippen molar-refractivity contribution in [3.8, 4) is 6.07 Å². The van der Waals surface area contributed by atoms with Crippen LogP contribution in [-0.2, 0) is 0 Å². The van der Waals surface area contributed by atoms with Crippen molar-refractivity contribution in [3.05, 3.63) is 33.9 Å². The van der Waals surface area contributed by atoms with Crippen LogP contribution >= 0.6 is 0 Å². The Morgan fingerprint density at radius 1 is 1.48 bits per heavy atom. The van der Waals surface area contributed by atoms with Crippen molar-refractivity contribution >= 4 is 11.4 Å². The fraction of sp³-hybridized carbons (Fsp3) is 0.533. The van der Waals surface area contributed by atoms with Crippen molar-refractivity contribution < 1.29 is 4.92 Å². The number of para-hydroxylation sites is 1. The SMILES string of the molecule is CN(c1cccc(C#N)c1[N+](=O)[O-])C1CCCCC1CN. The standard InChI is InChI=1S/C15H20N4O2/c1-18(13-7-3-2-5-11(13)9-16)14-8-4-6-12(10-17)15(14)19(20)21/h4,6,8,11,13H,2-3,5,7,9,16H2,1H3. The van der Waals surface area contributed by atoms with Crippen molar-refractivity contribution in [2.75, 3.05) is 18.5 Å². The van der Waals surface area contributed by atoms with Crippen molar-refractivity contribution in [2.45, 2.75) is 31.7 Å². The Morgan fingerprint density at radius 3 is 2.81 bits per heavy atom. The van der Waals surface area contributed by atoms with Crippen LogP contribution in [0.2, 0.25) is 0 Å². The topological polar surface area (TPSA) is 96.2 Å².